The van der Waals surface area contributed by atoms with Gasteiger partial charge in [-0.2, -0.15) is 0 Å². The molecule has 2 aromatic heterocycles. The Morgan fingerprint density at radius 1 is 1.14 bits per heavy atom. The van der Waals surface area contributed by atoms with Crippen LogP contribution in [0.4, 0.5) is 0 Å². The first-order chi connectivity index (χ1) is 10.7. The Balaban J connectivity index is 1.54. The summed E-state index contributed by atoms with van der Waals surface area (Å²) in [6.45, 7) is 3.92. The van der Waals surface area contributed by atoms with Gasteiger partial charge in [-0.05, 0) is 24.3 Å². The molecule has 0 radical (unpaired) electrons. The fourth-order valence-corrected chi connectivity index (χ4v) is 2.62. The molecule has 1 saturated heterocycles. The lowest BCUT2D eigenvalue weighted by atomic mass is 10.2. The summed E-state index contributed by atoms with van der Waals surface area (Å²) in [7, 11) is 0. The van der Waals surface area contributed by atoms with E-state index >= 15 is 0 Å². The van der Waals surface area contributed by atoms with Crippen LogP contribution in [0.15, 0.2) is 42.9 Å². The number of nitrogens with zero attached hydrogens (tertiary/aromatic N) is 4. The fraction of sp³-hybridized carbons (Fsp3) is 0.312. The number of aromatic nitrogens is 2. The highest BCUT2D eigenvalue weighted by molar-refractivity contribution is 6.30. The van der Waals surface area contributed by atoms with Crippen LogP contribution in [0.1, 0.15) is 16.1 Å². The minimum absolute atomic E-state index is 0.0531. The molecule has 1 amide bonds. The normalized spacial score (nSPS) is 15.8. The minimum atomic E-state index is 0.0531. The molecule has 0 N–H and O–H groups in total. The molecule has 3 rings (SSSR count). The molecular formula is C16H17ClN4O. The number of carbonyl (C=O) groups excluding carboxylic acids is 1. The van der Waals surface area contributed by atoms with Crippen LogP contribution in [0.25, 0.3) is 0 Å². The van der Waals surface area contributed by atoms with E-state index in [4.69, 9.17) is 11.6 Å². The average molecular weight is 317 g/mol. The second-order valence-corrected chi connectivity index (χ2v) is 5.71. The van der Waals surface area contributed by atoms with E-state index in [9.17, 15) is 4.79 Å². The van der Waals surface area contributed by atoms with Crippen LogP contribution >= 0.6 is 11.6 Å². The molecule has 0 aromatic carbocycles. The molecule has 114 valence electrons. The van der Waals surface area contributed by atoms with Crippen LogP contribution in [0.5, 0.6) is 0 Å². The molecule has 22 heavy (non-hydrogen) atoms. The summed E-state index contributed by atoms with van der Waals surface area (Å²) in [5.74, 6) is 0.0531. The molecule has 2 aromatic rings. The lowest BCUT2D eigenvalue weighted by Gasteiger charge is -2.34. The Labute approximate surface area is 134 Å². The van der Waals surface area contributed by atoms with Crippen LogP contribution in [-0.4, -0.2) is 51.9 Å². The van der Waals surface area contributed by atoms with Gasteiger partial charge in [0, 0.05) is 51.3 Å². The minimum Gasteiger partial charge on any atom is -0.336 e. The van der Waals surface area contributed by atoms with Crippen molar-refractivity contribution in [3.05, 3.63) is 59.1 Å². The molecule has 0 unspecified atom stereocenters. The summed E-state index contributed by atoms with van der Waals surface area (Å²) in [6.07, 6.45) is 4.96. The zero-order chi connectivity index (χ0) is 15.4. The van der Waals surface area contributed by atoms with E-state index in [1.54, 1.807) is 30.7 Å². The maximum Gasteiger partial charge on any atom is 0.255 e. The highest BCUT2D eigenvalue weighted by atomic mass is 35.5. The number of hydrogen-bond donors (Lipinski definition) is 0. The maximum atomic E-state index is 12.3. The van der Waals surface area contributed by atoms with Gasteiger partial charge in [0.05, 0.1) is 16.3 Å². The number of piperazine rings is 1. The summed E-state index contributed by atoms with van der Waals surface area (Å²) in [5, 5.41) is 0.649. The number of pyridine rings is 2. The second-order valence-electron chi connectivity index (χ2n) is 5.28. The SMILES string of the molecule is O=C(c1cccnc1)N1CCN(Cc2ccc(Cl)cn2)CC1. The molecule has 0 spiro atoms. The zero-order valence-corrected chi connectivity index (χ0v) is 12.9. The molecule has 0 saturated carbocycles. The largest absolute Gasteiger partial charge is 0.336 e. The third kappa shape index (κ3) is 3.61. The summed E-state index contributed by atoms with van der Waals surface area (Å²) in [4.78, 5) is 24.8. The van der Waals surface area contributed by atoms with Gasteiger partial charge in [0.15, 0.2) is 0 Å². The van der Waals surface area contributed by atoms with E-state index in [0.29, 0.717) is 10.6 Å². The Bertz CT molecular complexity index is 624. The van der Waals surface area contributed by atoms with E-state index in [2.05, 4.69) is 14.9 Å². The van der Waals surface area contributed by atoms with Gasteiger partial charge >= 0.3 is 0 Å². The van der Waals surface area contributed by atoms with Crippen LogP contribution in [-0.2, 0) is 6.54 Å². The van der Waals surface area contributed by atoms with Crippen molar-refractivity contribution in [2.75, 3.05) is 26.2 Å². The van der Waals surface area contributed by atoms with E-state index in [-0.39, 0.29) is 5.91 Å². The quantitative estimate of drug-likeness (QED) is 0.870. The lowest BCUT2D eigenvalue weighted by molar-refractivity contribution is 0.0626. The predicted molar refractivity (Wildman–Crippen MR) is 84.7 cm³/mol. The number of halogens is 1. The summed E-state index contributed by atoms with van der Waals surface area (Å²) in [6, 6.07) is 7.39. The standard InChI is InChI=1S/C16H17ClN4O/c17-14-3-4-15(19-11-14)12-20-6-8-21(9-7-20)16(22)13-2-1-5-18-10-13/h1-5,10-11H,6-9,12H2. The topological polar surface area (TPSA) is 49.3 Å². The van der Waals surface area contributed by atoms with Gasteiger partial charge in [0.25, 0.3) is 5.91 Å². The molecular weight excluding hydrogens is 300 g/mol. The van der Waals surface area contributed by atoms with E-state index in [0.717, 1.165) is 38.4 Å². The van der Waals surface area contributed by atoms with Gasteiger partial charge in [-0.1, -0.05) is 11.6 Å². The number of rotatable bonds is 3. The Hall–Kier alpha value is -1.98. The van der Waals surface area contributed by atoms with Crippen molar-refractivity contribution in [2.45, 2.75) is 6.54 Å². The smallest absolute Gasteiger partial charge is 0.255 e. The monoisotopic (exact) mass is 316 g/mol. The van der Waals surface area contributed by atoms with Gasteiger partial charge in [-0.25, -0.2) is 0 Å². The van der Waals surface area contributed by atoms with Crippen molar-refractivity contribution >= 4 is 17.5 Å². The van der Waals surface area contributed by atoms with Crippen molar-refractivity contribution in [1.82, 2.24) is 19.8 Å². The summed E-state index contributed by atoms with van der Waals surface area (Å²) >= 11 is 5.84. The van der Waals surface area contributed by atoms with Crippen LogP contribution < -0.4 is 0 Å². The first kappa shape index (κ1) is 14.9. The Morgan fingerprint density at radius 2 is 1.95 bits per heavy atom. The lowest BCUT2D eigenvalue weighted by Crippen LogP contribution is -2.48. The van der Waals surface area contributed by atoms with Crippen LogP contribution in [0.2, 0.25) is 5.02 Å². The first-order valence-corrected chi connectivity index (χ1v) is 7.62. The van der Waals surface area contributed by atoms with Crippen molar-refractivity contribution in [3.63, 3.8) is 0 Å². The van der Waals surface area contributed by atoms with Gasteiger partial charge in [-0.15, -0.1) is 0 Å². The fourth-order valence-electron chi connectivity index (χ4n) is 2.51. The van der Waals surface area contributed by atoms with Gasteiger partial charge in [-0.3, -0.25) is 19.7 Å². The molecule has 3 heterocycles. The molecule has 0 atom stereocenters. The maximum absolute atomic E-state index is 12.3. The number of carbonyl (C=O) groups is 1. The average Bonchev–Trinajstić information content (AvgIpc) is 2.58. The molecule has 1 fully saturated rings. The van der Waals surface area contributed by atoms with Crippen LogP contribution in [0.3, 0.4) is 0 Å². The number of amides is 1. The summed E-state index contributed by atoms with van der Waals surface area (Å²) < 4.78 is 0. The van der Waals surface area contributed by atoms with Crippen molar-refractivity contribution in [2.24, 2.45) is 0 Å². The molecule has 0 aliphatic carbocycles. The van der Waals surface area contributed by atoms with Crippen molar-refractivity contribution in [3.8, 4) is 0 Å². The second kappa shape index (κ2) is 6.85. The van der Waals surface area contributed by atoms with E-state index < -0.39 is 0 Å². The highest BCUT2D eigenvalue weighted by Crippen LogP contribution is 2.12. The molecule has 1 aliphatic rings. The molecule has 5 nitrogen and oxygen atoms in total. The van der Waals surface area contributed by atoms with Gasteiger partial charge in [0.1, 0.15) is 0 Å². The van der Waals surface area contributed by atoms with E-state index in [1.807, 2.05) is 17.0 Å². The van der Waals surface area contributed by atoms with Gasteiger partial charge in [0.2, 0.25) is 0 Å². The van der Waals surface area contributed by atoms with Crippen molar-refractivity contribution in [1.29, 1.82) is 0 Å². The Kier molecular flexibility index (Phi) is 4.65. The predicted octanol–water partition coefficient (Wildman–Crippen LogP) is 2.09. The van der Waals surface area contributed by atoms with E-state index in [1.165, 1.54) is 0 Å². The van der Waals surface area contributed by atoms with Crippen LogP contribution in [0, 0.1) is 0 Å². The summed E-state index contributed by atoms with van der Waals surface area (Å²) in [5.41, 5.74) is 1.65. The zero-order valence-electron chi connectivity index (χ0n) is 12.2. The highest BCUT2D eigenvalue weighted by Gasteiger charge is 2.22. The van der Waals surface area contributed by atoms with Gasteiger partial charge < -0.3 is 4.90 Å². The molecule has 6 heteroatoms. The van der Waals surface area contributed by atoms with Crippen molar-refractivity contribution < 1.29 is 4.79 Å². The molecule has 1 aliphatic heterocycles. The molecule has 0 bridgehead atoms. The number of hydrogen-bond acceptors (Lipinski definition) is 4. The Morgan fingerprint density at radius 3 is 2.59 bits per heavy atom. The third-order valence-corrected chi connectivity index (χ3v) is 3.97. The first-order valence-electron chi connectivity index (χ1n) is 7.24. The third-order valence-electron chi connectivity index (χ3n) is 3.74.